The molecular formula is C26H30N8O2S. The first-order valence-electron chi connectivity index (χ1n) is 12.6. The lowest BCUT2D eigenvalue weighted by Crippen LogP contribution is -2.38. The second-order valence-corrected chi connectivity index (χ2v) is 10.1. The summed E-state index contributed by atoms with van der Waals surface area (Å²) in [5.74, 6) is 1.76. The highest BCUT2D eigenvalue weighted by atomic mass is 32.1. The van der Waals surface area contributed by atoms with Crippen molar-refractivity contribution >= 4 is 39.0 Å². The molecule has 2 fully saturated rings. The van der Waals surface area contributed by atoms with Crippen LogP contribution in [0.2, 0.25) is 0 Å². The van der Waals surface area contributed by atoms with Gasteiger partial charge >= 0.3 is 0 Å². The Morgan fingerprint density at radius 3 is 2.32 bits per heavy atom. The van der Waals surface area contributed by atoms with Crippen LogP contribution in [0.1, 0.15) is 0 Å². The Morgan fingerprint density at radius 2 is 1.59 bits per heavy atom. The topological polar surface area (TPSA) is 115 Å². The van der Waals surface area contributed by atoms with Crippen LogP contribution in [0.25, 0.3) is 32.0 Å². The Hall–Kier alpha value is -3.38. The summed E-state index contributed by atoms with van der Waals surface area (Å²) in [5.41, 5.74) is 9.62. The van der Waals surface area contributed by atoms with Crippen LogP contribution in [-0.4, -0.2) is 90.5 Å². The standard InChI is InChI=1S/C26H30N8O2S/c27-26-29-16-19(17-30-26)24-31-21-15-22(37-23(21)25(32-24)34-9-13-36-14-10-34)18-1-3-20(4-2-18)28-5-6-33-7-11-35-12-8-33/h1-4,15-17,28H,5-14H2,(H2,27,29,30). The molecule has 5 heterocycles. The third-order valence-electron chi connectivity index (χ3n) is 6.62. The van der Waals surface area contributed by atoms with E-state index >= 15 is 0 Å². The fraction of sp³-hybridized carbons (Fsp3) is 0.385. The van der Waals surface area contributed by atoms with Crippen molar-refractivity contribution in [3.63, 3.8) is 0 Å². The molecule has 0 unspecified atom stereocenters. The smallest absolute Gasteiger partial charge is 0.219 e. The number of morpholine rings is 2. The molecule has 0 spiro atoms. The van der Waals surface area contributed by atoms with Gasteiger partial charge in [-0.1, -0.05) is 12.1 Å². The molecule has 37 heavy (non-hydrogen) atoms. The van der Waals surface area contributed by atoms with Crippen molar-refractivity contribution in [3.8, 4) is 21.8 Å². The van der Waals surface area contributed by atoms with Crippen LogP contribution >= 0.6 is 11.3 Å². The number of hydrogen-bond donors (Lipinski definition) is 2. The van der Waals surface area contributed by atoms with Crippen LogP contribution in [-0.2, 0) is 9.47 Å². The monoisotopic (exact) mass is 518 g/mol. The van der Waals surface area contributed by atoms with E-state index in [4.69, 9.17) is 25.2 Å². The van der Waals surface area contributed by atoms with Gasteiger partial charge < -0.3 is 25.4 Å². The quantitative estimate of drug-likeness (QED) is 0.378. The van der Waals surface area contributed by atoms with Crippen molar-refractivity contribution in [3.05, 3.63) is 42.7 Å². The van der Waals surface area contributed by atoms with Gasteiger partial charge in [-0.05, 0) is 23.8 Å². The van der Waals surface area contributed by atoms with Gasteiger partial charge in [0.1, 0.15) is 0 Å². The Kier molecular flexibility index (Phi) is 7.09. The van der Waals surface area contributed by atoms with Gasteiger partial charge in [0.2, 0.25) is 5.95 Å². The van der Waals surface area contributed by atoms with Gasteiger partial charge in [0.05, 0.1) is 42.2 Å². The molecule has 1 aromatic carbocycles. The molecule has 3 N–H and O–H groups in total. The fourth-order valence-corrected chi connectivity index (χ4v) is 5.68. The number of nitrogens with two attached hydrogens (primary N) is 1. The van der Waals surface area contributed by atoms with E-state index in [1.54, 1.807) is 23.7 Å². The molecule has 2 aliphatic rings. The zero-order chi connectivity index (χ0) is 25.0. The van der Waals surface area contributed by atoms with E-state index in [9.17, 15) is 0 Å². The molecular weight excluding hydrogens is 488 g/mol. The molecule has 0 aliphatic carbocycles. The zero-order valence-electron chi connectivity index (χ0n) is 20.6. The van der Waals surface area contributed by atoms with Crippen LogP contribution in [0, 0.1) is 0 Å². The number of ether oxygens (including phenoxy) is 2. The minimum absolute atomic E-state index is 0.232. The van der Waals surface area contributed by atoms with Crippen molar-refractivity contribution < 1.29 is 9.47 Å². The van der Waals surface area contributed by atoms with Gasteiger partial charge in [0.25, 0.3) is 0 Å². The number of fused-ring (bicyclic) bond motifs is 1. The van der Waals surface area contributed by atoms with E-state index in [0.29, 0.717) is 19.0 Å². The van der Waals surface area contributed by atoms with Gasteiger partial charge in [0, 0.05) is 62.2 Å². The SMILES string of the molecule is Nc1ncc(-c2nc(N3CCOCC3)c3sc(-c4ccc(NCCN5CCOCC5)cc4)cc3n2)cn1. The summed E-state index contributed by atoms with van der Waals surface area (Å²) < 4.78 is 12.1. The minimum atomic E-state index is 0.232. The largest absolute Gasteiger partial charge is 0.384 e. The van der Waals surface area contributed by atoms with Crippen LogP contribution < -0.4 is 16.0 Å². The summed E-state index contributed by atoms with van der Waals surface area (Å²) in [6.45, 7) is 8.57. The van der Waals surface area contributed by atoms with Crippen molar-refractivity contribution in [2.45, 2.75) is 0 Å². The molecule has 192 valence electrons. The lowest BCUT2D eigenvalue weighted by atomic mass is 10.1. The molecule has 0 atom stereocenters. The van der Waals surface area contributed by atoms with Crippen LogP contribution in [0.3, 0.4) is 0 Å². The summed E-state index contributed by atoms with van der Waals surface area (Å²) in [4.78, 5) is 23.9. The fourth-order valence-electron chi connectivity index (χ4n) is 4.56. The highest BCUT2D eigenvalue weighted by Crippen LogP contribution is 2.39. The number of rotatable bonds is 7. The molecule has 0 radical (unpaired) electrons. The number of nitrogens with zero attached hydrogens (tertiary/aromatic N) is 6. The predicted molar refractivity (Wildman–Crippen MR) is 147 cm³/mol. The van der Waals surface area contributed by atoms with Gasteiger partial charge in [0.15, 0.2) is 11.6 Å². The lowest BCUT2D eigenvalue weighted by Gasteiger charge is -2.28. The molecule has 11 heteroatoms. The van der Waals surface area contributed by atoms with E-state index in [1.165, 1.54) is 0 Å². The maximum absolute atomic E-state index is 5.69. The number of nitrogen functional groups attached to an aromatic ring is 1. The highest BCUT2D eigenvalue weighted by molar-refractivity contribution is 7.22. The summed E-state index contributed by atoms with van der Waals surface area (Å²) in [6, 6.07) is 10.8. The van der Waals surface area contributed by atoms with Crippen molar-refractivity contribution in [1.82, 2.24) is 24.8 Å². The third kappa shape index (κ3) is 5.49. The summed E-state index contributed by atoms with van der Waals surface area (Å²) in [5, 5.41) is 3.54. The van der Waals surface area contributed by atoms with Crippen LogP contribution in [0.5, 0.6) is 0 Å². The van der Waals surface area contributed by atoms with Crippen molar-refractivity contribution in [2.24, 2.45) is 0 Å². The molecule has 0 saturated carbocycles. The normalized spacial score (nSPS) is 16.8. The molecule has 0 bridgehead atoms. The van der Waals surface area contributed by atoms with Gasteiger partial charge in [-0.3, -0.25) is 4.90 Å². The Morgan fingerprint density at radius 1 is 0.892 bits per heavy atom. The Bertz CT molecular complexity index is 1330. The van der Waals surface area contributed by atoms with Crippen LogP contribution in [0.4, 0.5) is 17.5 Å². The van der Waals surface area contributed by atoms with Crippen LogP contribution in [0.15, 0.2) is 42.7 Å². The van der Waals surface area contributed by atoms with Gasteiger partial charge in [-0.15, -0.1) is 11.3 Å². The number of aromatic nitrogens is 4. The average Bonchev–Trinajstić information content (AvgIpc) is 3.39. The molecule has 6 rings (SSSR count). The van der Waals surface area contributed by atoms with Gasteiger partial charge in [-0.2, -0.15) is 0 Å². The van der Waals surface area contributed by atoms with Crippen molar-refractivity contribution in [2.75, 3.05) is 81.6 Å². The summed E-state index contributed by atoms with van der Waals surface area (Å²) in [7, 11) is 0. The average molecular weight is 519 g/mol. The molecule has 2 saturated heterocycles. The van der Waals surface area contributed by atoms with E-state index < -0.39 is 0 Å². The molecule has 10 nitrogen and oxygen atoms in total. The minimum Gasteiger partial charge on any atom is -0.384 e. The molecule has 4 aromatic rings. The maximum atomic E-state index is 5.69. The first kappa shape index (κ1) is 24.0. The number of hydrogen-bond acceptors (Lipinski definition) is 11. The van der Waals surface area contributed by atoms with E-state index in [0.717, 1.165) is 90.2 Å². The second-order valence-electron chi connectivity index (χ2n) is 9.08. The maximum Gasteiger partial charge on any atom is 0.219 e. The Balaban J connectivity index is 1.25. The van der Waals surface area contributed by atoms with E-state index in [-0.39, 0.29) is 5.95 Å². The van der Waals surface area contributed by atoms with E-state index in [2.05, 4.69) is 55.4 Å². The second kappa shape index (κ2) is 10.9. The number of anilines is 3. The Labute approximate surface area is 219 Å². The third-order valence-corrected chi connectivity index (χ3v) is 7.79. The van der Waals surface area contributed by atoms with Crippen molar-refractivity contribution in [1.29, 1.82) is 0 Å². The van der Waals surface area contributed by atoms with E-state index in [1.807, 2.05) is 0 Å². The molecule has 3 aromatic heterocycles. The molecule has 2 aliphatic heterocycles. The summed E-state index contributed by atoms with van der Waals surface area (Å²) >= 11 is 1.72. The lowest BCUT2D eigenvalue weighted by molar-refractivity contribution is 0.0398. The first-order chi connectivity index (χ1) is 18.2. The number of benzene rings is 1. The summed E-state index contributed by atoms with van der Waals surface area (Å²) in [6.07, 6.45) is 3.34. The highest BCUT2D eigenvalue weighted by Gasteiger charge is 2.21. The van der Waals surface area contributed by atoms with Gasteiger partial charge in [-0.25, -0.2) is 19.9 Å². The number of nitrogens with one attached hydrogen (secondary N) is 1. The number of thiophene rings is 1. The zero-order valence-corrected chi connectivity index (χ0v) is 21.4. The first-order valence-corrected chi connectivity index (χ1v) is 13.4. The molecule has 0 amide bonds. The predicted octanol–water partition coefficient (Wildman–Crippen LogP) is 2.98.